The molecule has 1 unspecified atom stereocenters. The molecule has 0 bridgehead atoms. The molecule has 1 aromatic heterocycles. The van der Waals surface area contributed by atoms with E-state index >= 15 is 0 Å². The summed E-state index contributed by atoms with van der Waals surface area (Å²) in [5.41, 5.74) is 2.98. The van der Waals surface area contributed by atoms with Crippen LogP contribution in [0.1, 0.15) is 47.8 Å². The number of hydrogen-bond acceptors (Lipinski definition) is 2. The number of hydrogen-bond donors (Lipinski definition) is 1. The normalized spacial score (nSPS) is 12.2. The van der Waals surface area contributed by atoms with Gasteiger partial charge in [-0.05, 0) is 50.5 Å². The SMILES string of the molecule is CCC(C)n1nccc1NC(=O)c1ccc(C)c(C)c1. The Kier molecular flexibility index (Phi) is 4.23. The third kappa shape index (κ3) is 2.90. The highest BCUT2D eigenvalue weighted by molar-refractivity contribution is 6.04. The van der Waals surface area contributed by atoms with Crippen LogP contribution in [0.3, 0.4) is 0 Å². The maximum Gasteiger partial charge on any atom is 0.256 e. The van der Waals surface area contributed by atoms with Crippen molar-refractivity contribution in [1.29, 1.82) is 0 Å². The van der Waals surface area contributed by atoms with Crippen LogP contribution in [0.15, 0.2) is 30.5 Å². The fraction of sp³-hybridized carbons (Fsp3) is 0.375. The summed E-state index contributed by atoms with van der Waals surface area (Å²) in [6.45, 7) is 8.23. The minimum absolute atomic E-state index is 0.0989. The summed E-state index contributed by atoms with van der Waals surface area (Å²) in [5.74, 6) is 0.640. The van der Waals surface area contributed by atoms with Crippen molar-refractivity contribution >= 4 is 11.7 Å². The van der Waals surface area contributed by atoms with Crippen LogP contribution in [0, 0.1) is 13.8 Å². The number of carbonyl (C=O) groups is 1. The average molecular weight is 271 g/mol. The van der Waals surface area contributed by atoms with Crippen LogP contribution < -0.4 is 5.32 Å². The number of amides is 1. The predicted molar refractivity (Wildman–Crippen MR) is 81.1 cm³/mol. The van der Waals surface area contributed by atoms with Gasteiger partial charge in [-0.3, -0.25) is 4.79 Å². The molecule has 0 aliphatic heterocycles. The van der Waals surface area contributed by atoms with Gasteiger partial charge in [0.05, 0.1) is 12.2 Å². The minimum atomic E-state index is -0.0989. The molecule has 0 aliphatic carbocycles. The second-order valence-corrected chi connectivity index (χ2v) is 5.17. The van der Waals surface area contributed by atoms with Crippen molar-refractivity contribution in [2.45, 2.75) is 40.2 Å². The van der Waals surface area contributed by atoms with Gasteiger partial charge in [-0.2, -0.15) is 5.10 Å². The summed E-state index contributed by atoms with van der Waals surface area (Å²) in [6, 6.07) is 7.82. The molecule has 4 heteroatoms. The Morgan fingerprint density at radius 2 is 2.05 bits per heavy atom. The van der Waals surface area contributed by atoms with Crippen LogP contribution in [0.25, 0.3) is 0 Å². The van der Waals surface area contributed by atoms with Crippen LogP contribution in [-0.2, 0) is 0 Å². The smallest absolute Gasteiger partial charge is 0.256 e. The fourth-order valence-corrected chi connectivity index (χ4v) is 2.01. The Labute approximate surface area is 119 Å². The molecular formula is C16H21N3O. The van der Waals surface area contributed by atoms with Crippen molar-refractivity contribution in [3.63, 3.8) is 0 Å². The Balaban J connectivity index is 2.19. The van der Waals surface area contributed by atoms with E-state index in [2.05, 4.69) is 24.3 Å². The number of aryl methyl sites for hydroxylation is 2. The molecule has 20 heavy (non-hydrogen) atoms. The second kappa shape index (κ2) is 5.90. The lowest BCUT2D eigenvalue weighted by molar-refractivity contribution is 0.102. The zero-order valence-electron chi connectivity index (χ0n) is 12.5. The monoisotopic (exact) mass is 271 g/mol. The van der Waals surface area contributed by atoms with Crippen LogP contribution in [0.5, 0.6) is 0 Å². The predicted octanol–water partition coefficient (Wildman–Crippen LogP) is 3.72. The molecule has 0 fully saturated rings. The van der Waals surface area contributed by atoms with Gasteiger partial charge in [0.15, 0.2) is 0 Å². The number of carbonyl (C=O) groups excluding carboxylic acids is 1. The molecule has 0 spiro atoms. The summed E-state index contributed by atoms with van der Waals surface area (Å²) in [7, 11) is 0. The van der Waals surface area contributed by atoms with Crippen molar-refractivity contribution < 1.29 is 4.79 Å². The number of rotatable bonds is 4. The zero-order chi connectivity index (χ0) is 14.7. The van der Waals surface area contributed by atoms with Crippen LogP contribution in [-0.4, -0.2) is 15.7 Å². The van der Waals surface area contributed by atoms with Gasteiger partial charge in [-0.1, -0.05) is 13.0 Å². The second-order valence-electron chi connectivity index (χ2n) is 5.17. The summed E-state index contributed by atoms with van der Waals surface area (Å²) >= 11 is 0. The number of nitrogens with one attached hydrogen (secondary N) is 1. The number of anilines is 1. The van der Waals surface area contributed by atoms with Gasteiger partial charge in [-0.15, -0.1) is 0 Å². The first kappa shape index (κ1) is 14.3. The summed E-state index contributed by atoms with van der Waals surface area (Å²) in [4.78, 5) is 12.3. The van der Waals surface area contributed by atoms with Crippen molar-refractivity contribution in [3.05, 3.63) is 47.2 Å². The maximum atomic E-state index is 12.3. The molecule has 0 saturated heterocycles. The van der Waals surface area contributed by atoms with Crippen molar-refractivity contribution in [3.8, 4) is 0 Å². The minimum Gasteiger partial charge on any atom is -0.307 e. The van der Waals surface area contributed by atoms with Gasteiger partial charge in [0.25, 0.3) is 5.91 Å². The van der Waals surface area contributed by atoms with E-state index < -0.39 is 0 Å². The maximum absolute atomic E-state index is 12.3. The van der Waals surface area contributed by atoms with E-state index in [0.717, 1.165) is 17.8 Å². The van der Waals surface area contributed by atoms with Gasteiger partial charge in [0, 0.05) is 11.6 Å². The summed E-state index contributed by atoms with van der Waals surface area (Å²) in [5, 5.41) is 7.20. The molecule has 2 aromatic rings. The Morgan fingerprint density at radius 1 is 1.30 bits per heavy atom. The Hall–Kier alpha value is -2.10. The van der Waals surface area contributed by atoms with Crippen molar-refractivity contribution in [2.75, 3.05) is 5.32 Å². The standard InChI is InChI=1S/C16H21N3O/c1-5-13(4)19-15(8-9-17-19)18-16(20)14-7-6-11(2)12(3)10-14/h6-10,13H,5H2,1-4H3,(H,18,20). The van der Waals surface area contributed by atoms with Gasteiger partial charge in [-0.25, -0.2) is 4.68 Å². The first-order valence-corrected chi connectivity index (χ1v) is 6.95. The van der Waals surface area contributed by atoms with Crippen LogP contribution in [0.4, 0.5) is 5.82 Å². The molecule has 106 valence electrons. The van der Waals surface area contributed by atoms with E-state index in [1.54, 1.807) is 6.20 Å². The highest BCUT2D eigenvalue weighted by Gasteiger charge is 2.12. The average Bonchev–Trinajstić information content (AvgIpc) is 2.89. The van der Waals surface area contributed by atoms with E-state index in [-0.39, 0.29) is 11.9 Å². The van der Waals surface area contributed by atoms with E-state index in [1.807, 2.05) is 42.8 Å². The number of benzene rings is 1. The molecule has 0 saturated carbocycles. The number of nitrogens with zero attached hydrogens (tertiary/aromatic N) is 2. The van der Waals surface area contributed by atoms with E-state index in [4.69, 9.17) is 0 Å². The topological polar surface area (TPSA) is 46.9 Å². The molecule has 0 aliphatic rings. The molecule has 4 nitrogen and oxygen atoms in total. The lowest BCUT2D eigenvalue weighted by Crippen LogP contribution is -2.17. The van der Waals surface area contributed by atoms with E-state index in [0.29, 0.717) is 5.56 Å². The summed E-state index contributed by atoms with van der Waals surface area (Å²) < 4.78 is 1.85. The molecule has 2 rings (SSSR count). The fourth-order valence-electron chi connectivity index (χ4n) is 2.01. The van der Waals surface area contributed by atoms with Crippen molar-refractivity contribution in [2.24, 2.45) is 0 Å². The molecular weight excluding hydrogens is 250 g/mol. The van der Waals surface area contributed by atoms with Gasteiger partial charge in [0.1, 0.15) is 5.82 Å². The molecule has 1 heterocycles. The van der Waals surface area contributed by atoms with Crippen LogP contribution >= 0.6 is 0 Å². The van der Waals surface area contributed by atoms with E-state index in [1.165, 1.54) is 5.56 Å². The largest absolute Gasteiger partial charge is 0.307 e. The lowest BCUT2D eigenvalue weighted by atomic mass is 10.1. The lowest BCUT2D eigenvalue weighted by Gasteiger charge is -2.14. The first-order valence-electron chi connectivity index (χ1n) is 6.95. The summed E-state index contributed by atoms with van der Waals surface area (Å²) in [6.07, 6.45) is 2.68. The zero-order valence-corrected chi connectivity index (χ0v) is 12.5. The highest BCUT2D eigenvalue weighted by Crippen LogP contribution is 2.18. The van der Waals surface area contributed by atoms with Gasteiger partial charge < -0.3 is 5.32 Å². The Bertz CT molecular complexity index is 616. The molecule has 0 radical (unpaired) electrons. The van der Waals surface area contributed by atoms with Gasteiger partial charge in [0.2, 0.25) is 0 Å². The van der Waals surface area contributed by atoms with Crippen LogP contribution in [0.2, 0.25) is 0 Å². The highest BCUT2D eigenvalue weighted by atomic mass is 16.1. The molecule has 1 atom stereocenters. The number of aromatic nitrogens is 2. The molecule has 1 amide bonds. The molecule has 1 aromatic carbocycles. The van der Waals surface area contributed by atoms with Crippen molar-refractivity contribution in [1.82, 2.24) is 9.78 Å². The third-order valence-electron chi connectivity index (χ3n) is 3.69. The van der Waals surface area contributed by atoms with Gasteiger partial charge >= 0.3 is 0 Å². The van der Waals surface area contributed by atoms with E-state index in [9.17, 15) is 4.79 Å². The third-order valence-corrected chi connectivity index (χ3v) is 3.69. The quantitative estimate of drug-likeness (QED) is 0.921. The first-order chi connectivity index (χ1) is 9.52. The molecule has 1 N–H and O–H groups in total. The Morgan fingerprint density at radius 3 is 2.70 bits per heavy atom.